The average molecular weight is 460 g/mol. The van der Waals surface area contributed by atoms with E-state index >= 15 is 0 Å². The summed E-state index contributed by atoms with van der Waals surface area (Å²) in [6.45, 7) is 0. The van der Waals surface area contributed by atoms with E-state index < -0.39 is 24.4 Å². The van der Waals surface area contributed by atoms with Crippen molar-refractivity contribution < 1.29 is 94.8 Å². The van der Waals surface area contributed by atoms with Crippen LogP contribution in [-0.4, -0.2) is 53.6 Å². The number of carboxylic acid groups (broad SMARTS) is 2. The molecule has 0 rings (SSSR count). The summed E-state index contributed by atoms with van der Waals surface area (Å²) in [6.07, 6.45) is 0.550. The summed E-state index contributed by atoms with van der Waals surface area (Å²) < 4.78 is 0. The maximum Gasteiger partial charge on any atom is 0.314 e. The smallest absolute Gasteiger partial charge is 0.314 e. The molecule has 0 aromatic rings. The Morgan fingerprint density at radius 1 is 1.00 bits per heavy atom. The second-order valence-electron chi connectivity index (χ2n) is 2.12. The van der Waals surface area contributed by atoms with Gasteiger partial charge in [0.1, 0.15) is 6.42 Å². The third kappa shape index (κ3) is 45.0. The molecule has 0 aliphatic heterocycles. The molecule has 0 spiro atoms. The number of imide groups is 1. The third-order valence-corrected chi connectivity index (χ3v) is 0.918. The zero-order valence-electron chi connectivity index (χ0n) is 9.28. The van der Waals surface area contributed by atoms with E-state index in [2.05, 4.69) is 5.32 Å². The van der Waals surface area contributed by atoms with Gasteiger partial charge in [-0.2, -0.15) is 0 Å². The molecule has 0 aromatic carbocycles. The second-order valence-corrected chi connectivity index (χ2v) is 2.12. The summed E-state index contributed by atoms with van der Waals surface area (Å²) in [4.78, 5) is 39.5. The van der Waals surface area contributed by atoms with Crippen molar-refractivity contribution in [1.82, 2.24) is 4.90 Å². The van der Waals surface area contributed by atoms with Gasteiger partial charge in [-0.15, -0.1) is 0 Å². The fourth-order valence-corrected chi connectivity index (χ4v) is 0.318. The number of urea groups is 1. The monoisotopic (exact) mass is 460 g/mol. The number of carbonyl (C=O) groups excluding carboxylic acids is 2. The Balaban J connectivity index is -0.0000000210. The molecular formula is C11H26N2O6Y2-2. The molecule has 0 atom stereocenters. The summed E-state index contributed by atoms with van der Waals surface area (Å²) in [5.74, 6) is -2.62. The number of amides is 3. The second kappa shape index (κ2) is 32.2. The van der Waals surface area contributed by atoms with Crippen LogP contribution in [0.15, 0.2) is 0 Å². The first-order valence-electron chi connectivity index (χ1n) is 3.54. The molecule has 3 amide bonds. The summed E-state index contributed by atoms with van der Waals surface area (Å²) in [5, 5.41) is 18.6. The number of rotatable bonds is 3. The van der Waals surface area contributed by atoms with E-state index in [1.54, 1.807) is 0 Å². The number of hydrogen-bond donors (Lipinski definition) is 2. The number of hydrogen-bond acceptors (Lipinski definition) is 4. The van der Waals surface area contributed by atoms with Gasteiger partial charge in [0, 0.05) is 65.4 Å². The van der Waals surface area contributed by atoms with Crippen molar-refractivity contribution in [2.45, 2.75) is 36.1 Å². The molecule has 0 bridgehead atoms. The van der Waals surface area contributed by atoms with Crippen LogP contribution >= 0.6 is 0 Å². The molecule has 0 aliphatic rings. The minimum atomic E-state index is -1.31. The van der Waals surface area contributed by atoms with E-state index in [0.29, 0.717) is 0 Å². The van der Waals surface area contributed by atoms with Gasteiger partial charge in [-0.3, -0.25) is 9.59 Å². The fourth-order valence-electron chi connectivity index (χ4n) is 0.318. The first-order chi connectivity index (χ1) is 6.84. The van der Waals surface area contributed by atoms with Gasteiger partial charge < -0.3 is 30.0 Å². The van der Waals surface area contributed by atoms with Crippen LogP contribution < -0.4 is 0 Å². The van der Waals surface area contributed by atoms with E-state index in [-0.39, 0.29) is 95.1 Å². The SMILES string of the molecule is C.C.C.C.C[N-]C(=O)N(C)[C-]=O.O=C(O)CC(=O)O.[Y].[Y]. The van der Waals surface area contributed by atoms with Crippen molar-refractivity contribution in [3.05, 3.63) is 5.32 Å². The molecule has 0 aromatic heterocycles. The predicted octanol–water partition coefficient (Wildman–Crippen LogP) is 2.19. The molecule has 124 valence electrons. The minimum Gasteiger partial charge on any atom is -0.548 e. The van der Waals surface area contributed by atoms with Crippen LogP contribution in [0.1, 0.15) is 36.1 Å². The first kappa shape index (κ1) is 49.7. The molecule has 0 fully saturated rings. The maximum absolute atomic E-state index is 10.2. The number of nitrogens with zero attached hydrogens (tertiary/aromatic N) is 2. The maximum atomic E-state index is 10.2. The van der Waals surface area contributed by atoms with Gasteiger partial charge in [0.25, 0.3) is 0 Å². The van der Waals surface area contributed by atoms with Crippen molar-refractivity contribution in [3.63, 3.8) is 0 Å². The van der Waals surface area contributed by atoms with Gasteiger partial charge in [-0.05, 0) is 12.4 Å². The van der Waals surface area contributed by atoms with Crippen LogP contribution in [0.3, 0.4) is 0 Å². The van der Waals surface area contributed by atoms with E-state index in [4.69, 9.17) is 10.2 Å². The Morgan fingerprint density at radius 3 is 1.33 bits per heavy atom. The topological polar surface area (TPSA) is 126 Å². The Hall–Kier alpha value is 0.0878. The Morgan fingerprint density at radius 2 is 1.29 bits per heavy atom. The van der Waals surface area contributed by atoms with E-state index in [9.17, 15) is 19.2 Å². The standard InChI is InChI=1S/C4H7N2O2.C3H4O4.4CH4.2Y/c1-5-4(8)6(2)3-7;4-2(5)1-3(6)7;;;;;;/h1-2H3,(H,5,8);1H2,(H,4,5)(H,6,7);4*1H4;;/q-1;;;;;;;/p-1. The van der Waals surface area contributed by atoms with Gasteiger partial charge in [-0.25, -0.2) is 0 Å². The Kier molecular flexibility index (Phi) is 76.1. The van der Waals surface area contributed by atoms with Crippen LogP contribution in [0.5, 0.6) is 0 Å². The minimum absolute atomic E-state index is 0. The van der Waals surface area contributed by atoms with Crippen molar-refractivity contribution in [3.8, 4) is 0 Å². The van der Waals surface area contributed by atoms with Crippen LogP contribution in [0.25, 0.3) is 5.32 Å². The van der Waals surface area contributed by atoms with Gasteiger partial charge in [0.05, 0.1) is 0 Å². The average Bonchev–Trinajstić information content (AvgIpc) is 2.14. The summed E-state index contributed by atoms with van der Waals surface area (Å²) >= 11 is 0. The Labute approximate surface area is 178 Å². The molecule has 10 heteroatoms. The van der Waals surface area contributed by atoms with E-state index in [1.165, 1.54) is 20.5 Å². The first-order valence-corrected chi connectivity index (χ1v) is 3.54. The number of carboxylic acids is 2. The quantitative estimate of drug-likeness (QED) is 0.378. The van der Waals surface area contributed by atoms with Crippen LogP contribution in [0, 0.1) is 0 Å². The van der Waals surface area contributed by atoms with E-state index in [1.807, 2.05) is 0 Å². The Bertz CT molecular complexity index is 253. The number of carbonyl (C=O) groups is 3. The molecule has 8 nitrogen and oxygen atoms in total. The summed E-state index contributed by atoms with van der Waals surface area (Å²) in [7, 11) is 2.61. The molecule has 0 unspecified atom stereocenters. The van der Waals surface area contributed by atoms with Crippen molar-refractivity contribution in [2.75, 3.05) is 14.1 Å². The van der Waals surface area contributed by atoms with Gasteiger partial charge in [-0.1, -0.05) is 43.8 Å². The molecule has 0 heterocycles. The molecule has 0 saturated carbocycles. The molecule has 0 aliphatic carbocycles. The van der Waals surface area contributed by atoms with Crippen molar-refractivity contribution >= 4 is 24.4 Å². The zero-order chi connectivity index (χ0) is 12.4. The molecule has 0 saturated heterocycles. The van der Waals surface area contributed by atoms with Crippen molar-refractivity contribution in [1.29, 1.82) is 0 Å². The fraction of sp³-hybridized carbons (Fsp3) is 0.636. The van der Waals surface area contributed by atoms with Gasteiger partial charge >= 0.3 is 11.9 Å². The molecular weight excluding hydrogens is 434 g/mol. The molecule has 2 N–H and O–H groups in total. The van der Waals surface area contributed by atoms with Crippen LogP contribution in [0.4, 0.5) is 4.79 Å². The molecule has 21 heavy (non-hydrogen) atoms. The normalized spacial score (nSPS) is 5.62. The van der Waals surface area contributed by atoms with Crippen molar-refractivity contribution in [2.24, 2.45) is 0 Å². The largest absolute Gasteiger partial charge is 0.548 e. The van der Waals surface area contributed by atoms with Crippen LogP contribution in [0.2, 0.25) is 0 Å². The van der Waals surface area contributed by atoms with Gasteiger partial charge in [0.2, 0.25) is 0 Å². The third-order valence-electron chi connectivity index (χ3n) is 0.918. The summed E-state index contributed by atoms with van der Waals surface area (Å²) in [6, 6.07) is -0.583. The van der Waals surface area contributed by atoms with Gasteiger partial charge in [0.15, 0.2) is 0 Å². The predicted molar refractivity (Wildman–Crippen MR) is 74.9 cm³/mol. The summed E-state index contributed by atoms with van der Waals surface area (Å²) in [5.41, 5.74) is 0. The molecule has 2 radical (unpaired) electrons. The van der Waals surface area contributed by atoms with Crippen LogP contribution in [-0.2, 0) is 79.8 Å². The van der Waals surface area contributed by atoms with E-state index in [0.717, 1.165) is 4.90 Å². The zero-order valence-corrected chi connectivity index (χ0v) is 15.0. The number of aliphatic carboxylic acids is 2.